The highest BCUT2D eigenvalue weighted by molar-refractivity contribution is 5.82. The van der Waals surface area contributed by atoms with Crippen LogP contribution in [0.2, 0.25) is 0 Å². The molecule has 0 radical (unpaired) electrons. The van der Waals surface area contributed by atoms with Crippen LogP contribution in [-0.4, -0.2) is 16.2 Å². The number of aliphatic hydroxyl groups excluding tert-OH is 1. The van der Waals surface area contributed by atoms with Crippen molar-refractivity contribution in [3.63, 3.8) is 0 Å². The Bertz CT molecular complexity index is 629. The van der Waals surface area contributed by atoms with Gasteiger partial charge in [-0.25, -0.2) is 0 Å². The van der Waals surface area contributed by atoms with Crippen LogP contribution in [0.5, 0.6) is 0 Å². The number of nitrogens with zero attached hydrogens (tertiary/aromatic N) is 1. The Morgan fingerprint density at radius 1 is 1.14 bits per heavy atom. The molecule has 0 amide bonds. The van der Waals surface area contributed by atoms with Crippen molar-refractivity contribution in [3.8, 4) is 0 Å². The second-order valence-electron chi connectivity index (χ2n) is 7.19. The molecule has 1 heterocycles. The van der Waals surface area contributed by atoms with E-state index in [-0.39, 0.29) is 11.5 Å². The zero-order chi connectivity index (χ0) is 15.0. The smallest absolute Gasteiger partial charge is 0.0739 e. The number of pyridine rings is 1. The van der Waals surface area contributed by atoms with Crippen molar-refractivity contribution in [2.45, 2.75) is 51.6 Å². The van der Waals surface area contributed by atoms with E-state index in [1.807, 2.05) is 12.3 Å². The van der Waals surface area contributed by atoms with E-state index in [2.05, 4.69) is 50.0 Å². The highest BCUT2D eigenvalue weighted by atomic mass is 16.3. The molecule has 0 aliphatic heterocycles. The van der Waals surface area contributed by atoms with Crippen molar-refractivity contribution in [2.75, 3.05) is 0 Å². The molecule has 1 N–H and O–H groups in total. The van der Waals surface area contributed by atoms with Gasteiger partial charge in [-0.15, -0.1) is 0 Å². The monoisotopic (exact) mass is 283 g/mol. The second-order valence-corrected chi connectivity index (χ2v) is 7.19. The average molecular weight is 283 g/mol. The number of aliphatic hydroxyl groups is 1. The summed E-state index contributed by atoms with van der Waals surface area (Å²) in [5.41, 5.74) is 2.28. The van der Waals surface area contributed by atoms with Crippen LogP contribution in [0.15, 0.2) is 36.5 Å². The lowest BCUT2D eigenvalue weighted by Gasteiger charge is -2.42. The summed E-state index contributed by atoms with van der Waals surface area (Å²) in [5, 5.41) is 11.8. The molecule has 1 aliphatic rings. The summed E-state index contributed by atoms with van der Waals surface area (Å²) in [5.74, 6) is 0.944. The van der Waals surface area contributed by atoms with E-state index < -0.39 is 0 Å². The fourth-order valence-corrected chi connectivity index (χ4v) is 4.02. The van der Waals surface area contributed by atoms with Crippen LogP contribution in [0.4, 0.5) is 0 Å². The SMILES string of the molecule is CC1CCC(C(C)(C)c2cccc3cccnc23)C(O)C1. The Morgan fingerprint density at radius 2 is 1.90 bits per heavy atom. The Morgan fingerprint density at radius 3 is 2.67 bits per heavy atom. The summed E-state index contributed by atoms with van der Waals surface area (Å²) in [4.78, 5) is 4.60. The van der Waals surface area contributed by atoms with Gasteiger partial charge in [0, 0.05) is 11.6 Å². The fourth-order valence-electron chi connectivity index (χ4n) is 4.02. The van der Waals surface area contributed by atoms with E-state index in [0.29, 0.717) is 11.8 Å². The van der Waals surface area contributed by atoms with Crippen molar-refractivity contribution in [1.82, 2.24) is 4.98 Å². The zero-order valence-corrected chi connectivity index (χ0v) is 13.2. The predicted molar refractivity (Wildman–Crippen MR) is 87.3 cm³/mol. The van der Waals surface area contributed by atoms with Gasteiger partial charge >= 0.3 is 0 Å². The van der Waals surface area contributed by atoms with Crippen LogP contribution in [0, 0.1) is 11.8 Å². The number of benzene rings is 1. The lowest BCUT2D eigenvalue weighted by molar-refractivity contribution is 0.0147. The molecule has 0 spiro atoms. The first-order valence-electron chi connectivity index (χ1n) is 8.02. The number of rotatable bonds is 2. The molecule has 1 aliphatic carbocycles. The molecule has 3 unspecified atom stereocenters. The topological polar surface area (TPSA) is 33.1 Å². The molecule has 1 fully saturated rings. The highest BCUT2D eigenvalue weighted by Gasteiger charge is 2.40. The van der Waals surface area contributed by atoms with Crippen molar-refractivity contribution in [3.05, 3.63) is 42.1 Å². The number of hydrogen-bond donors (Lipinski definition) is 1. The van der Waals surface area contributed by atoms with E-state index in [4.69, 9.17) is 0 Å². The number of para-hydroxylation sites is 1. The first-order valence-corrected chi connectivity index (χ1v) is 8.02. The number of fused-ring (bicyclic) bond motifs is 1. The largest absolute Gasteiger partial charge is 0.393 e. The van der Waals surface area contributed by atoms with Crippen LogP contribution < -0.4 is 0 Å². The first kappa shape index (κ1) is 14.5. The fraction of sp³-hybridized carbons (Fsp3) is 0.526. The second kappa shape index (κ2) is 5.42. The van der Waals surface area contributed by atoms with Crippen LogP contribution in [0.25, 0.3) is 10.9 Å². The molecular weight excluding hydrogens is 258 g/mol. The summed E-state index contributed by atoms with van der Waals surface area (Å²) < 4.78 is 0. The molecule has 3 atom stereocenters. The Balaban J connectivity index is 2.04. The van der Waals surface area contributed by atoms with Gasteiger partial charge in [-0.05, 0) is 41.7 Å². The van der Waals surface area contributed by atoms with E-state index >= 15 is 0 Å². The maximum atomic E-state index is 10.6. The van der Waals surface area contributed by atoms with Crippen LogP contribution in [0.1, 0.15) is 45.6 Å². The molecule has 1 aromatic carbocycles. The van der Waals surface area contributed by atoms with Crippen LogP contribution in [0.3, 0.4) is 0 Å². The molecule has 112 valence electrons. The number of hydrogen-bond acceptors (Lipinski definition) is 2. The summed E-state index contributed by atoms with van der Waals surface area (Å²) >= 11 is 0. The lowest BCUT2D eigenvalue weighted by Crippen LogP contribution is -2.41. The first-order chi connectivity index (χ1) is 10.00. The number of aromatic nitrogens is 1. The normalized spacial score (nSPS) is 27.0. The molecular formula is C19H25NO. The Labute approximate surface area is 127 Å². The summed E-state index contributed by atoms with van der Waals surface area (Å²) in [6, 6.07) is 10.5. The van der Waals surface area contributed by atoms with Gasteiger partial charge in [0.2, 0.25) is 0 Å². The summed E-state index contributed by atoms with van der Waals surface area (Å²) in [7, 11) is 0. The maximum absolute atomic E-state index is 10.6. The van der Waals surface area contributed by atoms with E-state index in [1.54, 1.807) is 0 Å². The molecule has 2 heteroatoms. The van der Waals surface area contributed by atoms with Gasteiger partial charge in [0.15, 0.2) is 0 Å². The van der Waals surface area contributed by atoms with Crippen molar-refractivity contribution < 1.29 is 5.11 Å². The molecule has 1 aromatic heterocycles. The van der Waals surface area contributed by atoms with Gasteiger partial charge in [-0.1, -0.05) is 51.5 Å². The van der Waals surface area contributed by atoms with Crippen molar-refractivity contribution in [2.24, 2.45) is 11.8 Å². The van der Waals surface area contributed by atoms with Crippen LogP contribution in [-0.2, 0) is 5.41 Å². The zero-order valence-electron chi connectivity index (χ0n) is 13.2. The average Bonchev–Trinajstić information content (AvgIpc) is 2.46. The van der Waals surface area contributed by atoms with E-state index in [9.17, 15) is 5.11 Å². The lowest BCUT2D eigenvalue weighted by atomic mass is 9.64. The van der Waals surface area contributed by atoms with Crippen molar-refractivity contribution >= 4 is 10.9 Å². The standard InChI is InChI=1S/C19H25NO/c1-13-9-10-15(17(21)12-13)19(2,3)16-8-4-6-14-7-5-11-20-18(14)16/h4-8,11,13,15,17,21H,9-10,12H2,1-3H3. The third-order valence-electron chi connectivity index (χ3n) is 5.33. The molecule has 2 aromatic rings. The Kier molecular flexibility index (Phi) is 3.75. The predicted octanol–water partition coefficient (Wildman–Crippen LogP) is 4.31. The van der Waals surface area contributed by atoms with E-state index in [0.717, 1.165) is 18.4 Å². The van der Waals surface area contributed by atoms with Gasteiger partial charge in [-0.3, -0.25) is 4.98 Å². The van der Waals surface area contributed by atoms with Gasteiger partial charge in [0.1, 0.15) is 0 Å². The molecule has 3 rings (SSSR count). The summed E-state index contributed by atoms with van der Waals surface area (Å²) in [6.07, 6.45) is 4.89. The third-order valence-corrected chi connectivity index (χ3v) is 5.33. The van der Waals surface area contributed by atoms with Gasteiger partial charge in [0.05, 0.1) is 11.6 Å². The molecule has 0 saturated heterocycles. The minimum absolute atomic E-state index is 0.0621. The minimum atomic E-state index is -0.206. The van der Waals surface area contributed by atoms with Gasteiger partial charge < -0.3 is 5.11 Å². The molecule has 21 heavy (non-hydrogen) atoms. The minimum Gasteiger partial charge on any atom is -0.393 e. The van der Waals surface area contributed by atoms with Crippen molar-refractivity contribution in [1.29, 1.82) is 0 Å². The third kappa shape index (κ3) is 2.57. The van der Waals surface area contributed by atoms with Gasteiger partial charge in [-0.2, -0.15) is 0 Å². The van der Waals surface area contributed by atoms with E-state index in [1.165, 1.54) is 17.4 Å². The molecule has 1 saturated carbocycles. The highest BCUT2D eigenvalue weighted by Crippen LogP contribution is 2.43. The molecule has 2 nitrogen and oxygen atoms in total. The quantitative estimate of drug-likeness (QED) is 0.891. The molecule has 0 bridgehead atoms. The maximum Gasteiger partial charge on any atom is 0.0739 e. The summed E-state index contributed by atoms with van der Waals surface area (Å²) in [6.45, 7) is 6.77. The van der Waals surface area contributed by atoms with Crippen LogP contribution >= 0.6 is 0 Å². The Hall–Kier alpha value is -1.41. The van der Waals surface area contributed by atoms with Gasteiger partial charge in [0.25, 0.3) is 0 Å².